The normalized spacial score (nSPS) is 22.5. The lowest BCUT2D eigenvalue weighted by Crippen LogP contribution is -2.36. The molecular weight excluding hydrogens is 266 g/mol. The number of carbonyl (C=O) groups excluding carboxylic acids is 2. The van der Waals surface area contributed by atoms with E-state index in [0.29, 0.717) is 0 Å². The minimum atomic E-state index is -1.12. The van der Waals surface area contributed by atoms with Crippen molar-refractivity contribution in [2.75, 3.05) is 19.7 Å². The molecule has 1 N–H and O–H groups in total. The first-order chi connectivity index (χ1) is 9.15. The quantitative estimate of drug-likeness (QED) is 0.782. The summed E-state index contributed by atoms with van der Waals surface area (Å²) in [5.74, 6) is -3.51. The molecule has 114 valence electrons. The number of esters is 1. The highest BCUT2D eigenvalue weighted by atomic mass is 16.6. The zero-order valence-corrected chi connectivity index (χ0v) is 12.2. The number of ether oxygens (including phenoxy) is 2. The van der Waals surface area contributed by atoms with Gasteiger partial charge in [0.25, 0.3) is 0 Å². The summed E-state index contributed by atoms with van der Waals surface area (Å²) in [6.07, 6.45) is -0.615. The van der Waals surface area contributed by atoms with Gasteiger partial charge in [-0.05, 0) is 27.7 Å². The van der Waals surface area contributed by atoms with Gasteiger partial charge >= 0.3 is 18.0 Å². The fraction of sp³-hybridized carbons (Fsp3) is 0.769. The van der Waals surface area contributed by atoms with E-state index in [1.54, 1.807) is 27.7 Å². The summed E-state index contributed by atoms with van der Waals surface area (Å²) in [5, 5.41) is 9.15. The number of hydrogen-bond acceptors (Lipinski definition) is 5. The molecular formula is C13H21NO6. The smallest absolute Gasteiger partial charge is 0.410 e. The van der Waals surface area contributed by atoms with Crippen LogP contribution in [-0.4, -0.2) is 53.3 Å². The molecule has 0 aliphatic carbocycles. The van der Waals surface area contributed by atoms with Gasteiger partial charge in [-0.15, -0.1) is 0 Å². The van der Waals surface area contributed by atoms with Crippen molar-refractivity contribution in [3.8, 4) is 0 Å². The number of likely N-dealkylation sites (tertiary alicyclic amines) is 1. The Bertz CT molecular complexity index is 400. The van der Waals surface area contributed by atoms with Crippen LogP contribution in [0.1, 0.15) is 27.7 Å². The SMILES string of the molecule is CCOC(=O)[C@@H]1CN(C(=O)OC(C)(C)C)C[C@H]1C(=O)O. The van der Waals surface area contributed by atoms with Gasteiger partial charge < -0.3 is 19.5 Å². The number of aliphatic carboxylic acids is 1. The third kappa shape index (κ3) is 4.11. The molecule has 1 aliphatic rings. The van der Waals surface area contributed by atoms with E-state index in [-0.39, 0.29) is 19.7 Å². The van der Waals surface area contributed by atoms with Gasteiger partial charge in [0.15, 0.2) is 0 Å². The van der Waals surface area contributed by atoms with E-state index >= 15 is 0 Å². The molecule has 0 aromatic rings. The van der Waals surface area contributed by atoms with Crippen LogP contribution >= 0.6 is 0 Å². The number of amides is 1. The molecule has 1 fully saturated rings. The molecule has 7 heteroatoms. The predicted molar refractivity (Wildman–Crippen MR) is 69.1 cm³/mol. The maximum absolute atomic E-state index is 11.9. The van der Waals surface area contributed by atoms with Crippen LogP contribution in [0.4, 0.5) is 4.79 Å². The molecule has 1 rings (SSSR count). The van der Waals surface area contributed by atoms with E-state index in [2.05, 4.69) is 0 Å². The summed E-state index contributed by atoms with van der Waals surface area (Å²) in [6, 6.07) is 0. The highest BCUT2D eigenvalue weighted by Crippen LogP contribution is 2.26. The lowest BCUT2D eigenvalue weighted by atomic mass is 9.96. The van der Waals surface area contributed by atoms with Gasteiger partial charge in [0, 0.05) is 13.1 Å². The van der Waals surface area contributed by atoms with E-state index in [1.165, 1.54) is 4.90 Å². The predicted octanol–water partition coefficient (Wildman–Crippen LogP) is 1.12. The summed E-state index contributed by atoms with van der Waals surface area (Å²) < 4.78 is 10.0. The molecule has 0 aromatic carbocycles. The van der Waals surface area contributed by atoms with E-state index in [4.69, 9.17) is 14.6 Å². The van der Waals surface area contributed by atoms with Gasteiger partial charge in [0.05, 0.1) is 18.4 Å². The lowest BCUT2D eigenvalue weighted by molar-refractivity contribution is -0.155. The first-order valence-corrected chi connectivity index (χ1v) is 6.53. The number of carboxylic acids is 1. The number of nitrogens with zero attached hydrogens (tertiary/aromatic N) is 1. The van der Waals surface area contributed by atoms with Crippen molar-refractivity contribution in [3.05, 3.63) is 0 Å². The Labute approximate surface area is 117 Å². The molecule has 1 heterocycles. The molecule has 0 aromatic heterocycles. The van der Waals surface area contributed by atoms with Gasteiger partial charge in [-0.1, -0.05) is 0 Å². The van der Waals surface area contributed by atoms with Crippen LogP contribution in [0.15, 0.2) is 0 Å². The Morgan fingerprint density at radius 3 is 2.20 bits per heavy atom. The Morgan fingerprint density at radius 2 is 1.75 bits per heavy atom. The van der Waals surface area contributed by atoms with Crippen molar-refractivity contribution in [2.24, 2.45) is 11.8 Å². The second-order valence-electron chi connectivity index (χ2n) is 5.69. The first kappa shape index (κ1) is 16.3. The topological polar surface area (TPSA) is 93.1 Å². The number of carbonyl (C=O) groups is 3. The van der Waals surface area contributed by atoms with Gasteiger partial charge in [0.2, 0.25) is 0 Å². The van der Waals surface area contributed by atoms with E-state index in [1.807, 2.05) is 0 Å². The van der Waals surface area contributed by atoms with Crippen molar-refractivity contribution in [1.82, 2.24) is 4.90 Å². The summed E-state index contributed by atoms with van der Waals surface area (Å²) in [7, 11) is 0. The van der Waals surface area contributed by atoms with Crippen molar-refractivity contribution in [2.45, 2.75) is 33.3 Å². The molecule has 0 saturated carbocycles. The largest absolute Gasteiger partial charge is 0.481 e. The van der Waals surface area contributed by atoms with Crippen molar-refractivity contribution >= 4 is 18.0 Å². The minimum absolute atomic E-state index is 0.00468. The van der Waals surface area contributed by atoms with Gasteiger partial charge in [-0.3, -0.25) is 9.59 Å². The van der Waals surface area contributed by atoms with Gasteiger partial charge in [-0.2, -0.15) is 0 Å². The Kier molecular flexibility index (Phi) is 4.97. The molecule has 1 saturated heterocycles. The molecule has 2 atom stereocenters. The average molecular weight is 287 g/mol. The Balaban J connectivity index is 2.77. The second kappa shape index (κ2) is 6.11. The first-order valence-electron chi connectivity index (χ1n) is 6.53. The highest BCUT2D eigenvalue weighted by molar-refractivity contribution is 5.84. The molecule has 0 bridgehead atoms. The maximum Gasteiger partial charge on any atom is 0.410 e. The Hall–Kier alpha value is -1.79. The number of rotatable bonds is 3. The van der Waals surface area contributed by atoms with Crippen LogP contribution in [0.5, 0.6) is 0 Å². The maximum atomic E-state index is 11.9. The summed E-state index contributed by atoms with van der Waals surface area (Å²) in [6.45, 7) is 6.94. The van der Waals surface area contributed by atoms with Crippen LogP contribution < -0.4 is 0 Å². The van der Waals surface area contributed by atoms with Gasteiger partial charge in [-0.25, -0.2) is 4.79 Å². The number of carboxylic acid groups (broad SMARTS) is 1. The zero-order chi connectivity index (χ0) is 15.5. The van der Waals surface area contributed by atoms with E-state index in [0.717, 1.165) is 0 Å². The van der Waals surface area contributed by atoms with Crippen LogP contribution in [0.3, 0.4) is 0 Å². The van der Waals surface area contributed by atoms with Crippen molar-refractivity contribution in [1.29, 1.82) is 0 Å². The molecule has 1 amide bonds. The van der Waals surface area contributed by atoms with Crippen LogP contribution in [0.25, 0.3) is 0 Å². The third-order valence-corrected chi connectivity index (χ3v) is 2.88. The van der Waals surface area contributed by atoms with Crippen LogP contribution in [-0.2, 0) is 19.1 Å². The zero-order valence-electron chi connectivity index (χ0n) is 12.2. The monoisotopic (exact) mass is 287 g/mol. The lowest BCUT2D eigenvalue weighted by Gasteiger charge is -2.24. The van der Waals surface area contributed by atoms with Crippen LogP contribution in [0, 0.1) is 11.8 Å². The molecule has 20 heavy (non-hydrogen) atoms. The molecule has 0 unspecified atom stereocenters. The summed E-state index contributed by atoms with van der Waals surface area (Å²) >= 11 is 0. The molecule has 0 spiro atoms. The van der Waals surface area contributed by atoms with Crippen molar-refractivity contribution in [3.63, 3.8) is 0 Å². The molecule has 0 radical (unpaired) electrons. The fourth-order valence-electron chi connectivity index (χ4n) is 2.02. The minimum Gasteiger partial charge on any atom is -0.481 e. The number of hydrogen-bond donors (Lipinski definition) is 1. The van der Waals surface area contributed by atoms with Gasteiger partial charge in [0.1, 0.15) is 5.60 Å². The summed E-state index contributed by atoms with van der Waals surface area (Å²) in [4.78, 5) is 36.1. The average Bonchev–Trinajstić information content (AvgIpc) is 2.71. The molecule has 7 nitrogen and oxygen atoms in total. The summed E-state index contributed by atoms with van der Waals surface area (Å²) in [5.41, 5.74) is -0.669. The Morgan fingerprint density at radius 1 is 1.20 bits per heavy atom. The highest BCUT2D eigenvalue weighted by Gasteiger charge is 2.45. The second-order valence-corrected chi connectivity index (χ2v) is 5.69. The van der Waals surface area contributed by atoms with E-state index < -0.39 is 35.5 Å². The standard InChI is InChI=1S/C13H21NO6/c1-5-19-11(17)9-7-14(6-8(9)10(15)16)12(18)20-13(2,3)4/h8-9H,5-7H2,1-4H3,(H,15,16)/t8-,9-/m1/s1. The molecule has 1 aliphatic heterocycles. The van der Waals surface area contributed by atoms with Crippen molar-refractivity contribution < 1.29 is 29.0 Å². The van der Waals surface area contributed by atoms with E-state index in [9.17, 15) is 14.4 Å². The van der Waals surface area contributed by atoms with Crippen LogP contribution in [0.2, 0.25) is 0 Å². The third-order valence-electron chi connectivity index (χ3n) is 2.88. The fourth-order valence-corrected chi connectivity index (χ4v) is 2.02.